The predicted molar refractivity (Wildman–Crippen MR) is 124 cm³/mol. The van der Waals surface area contributed by atoms with Crippen molar-refractivity contribution in [2.45, 2.75) is 5.66 Å². The Morgan fingerprint density at radius 1 is 1.25 bits per heavy atom. The van der Waals surface area contributed by atoms with Gasteiger partial charge in [-0.25, -0.2) is 9.79 Å². The van der Waals surface area contributed by atoms with Gasteiger partial charge in [-0.15, -0.1) is 0 Å². The van der Waals surface area contributed by atoms with Gasteiger partial charge in [0.2, 0.25) is 0 Å². The number of anilines is 1. The van der Waals surface area contributed by atoms with Crippen molar-refractivity contribution in [3.63, 3.8) is 0 Å². The molecule has 0 saturated carbocycles. The van der Waals surface area contributed by atoms with Crippen LogP contribution in [0.2, 0.25) is 0 Å². The van der Waals surface area contributed by atoms with Crippen molar-refractivity contribution in [3.8, 4) is 5.75 Å². The van der Waals surface area contributed by atoms with Crippen molar-refractivity contribution >= 4 is 28.5 Å². The number of aryl methyl sites for hydroxylation is 1. The average Bonchev–Trinajstić information content (AvgIpc) is 3.10. The molecular weight excluding hydrogens is 408 g/mol. The van der Waals surface area contributed by atoms with E-state index in [9.17, 15) is 9.90 Å². The number of carboxylic acid groups (broad SMARTS) is 1. The fourth-order valence-electron chi connectivity index (χ4n) is 3.85. The summed E-state index contributed by atoms with van der Waals surface area (Å²) >= 11 is 0. The Morgan fingerprint density at radius 3 is 2.72 bits per heavy atom. The van der Waals surface area contributed by atoms with Gasteiger partial charge in [-0.1, -0.05) is 30.3 Å². The lowest BCUT2D eigenvalue weighted by Crippen LogP contribution is -2.58. The lowest BCUT2D eigenvalue weighted by molar-refractivity contribution is -0.133. The molecule has 4 rings (SSSR count). The van der Waals surface area contributed by atoms with Gasteiger partial charge < -0.3 is 30.8 Å². The molecule has 0 radical (unpaired) electrons. The van der Waals surface area contributed by atoms with Gasteiger partial charge in [-0.2, -0.15) is 0 Å². The van der Waals surface area contributed by atoms with Gasteiger partial charge in [-0.05, 0) is 32.3 Å². The van der Waals surface area contributed by atoms with Crippen LogP contribution in [0.15, 0.2) is 71.5 Å². The van der Waals surface area contributed by atoms with Crippen molar-refractivity contribution in [1.82, 2.24) is 14.8 Å². The Hall–Kier alpha value is -3.98. The standard InChI is InChI=1S/C23H26N6O3/c1-28(2)14-32-20-11-7-5-9-18(20)26-23(16(21(30)31)12-25-22(24)27-23)17-13-29(3)19-10-6-4-8-15(17)19/h4-13,26H,14H2,1-3H3,(H,30,31)(H3,24,25,27). The monoisotopic (exact) mass is 434 g/mol. The molecule has 5 N–H and O–H groups in total. The zero-order valence-corrected chi connectivity index (χ0v) is 18.2. The number of aliphatic imine (C=N–C) groups is 1. The van der Waals surface area contributed by atoms with Crippen LogP contribution in [0.25, 0.3) is 10.9 Å². The number of benzene rings is 2. The fourth-order valence-corrected chi connectivity index (χ4v) is 3.85. The molecule has 2 aromatic carbocycles. The number of fused-ring (bicyclic) bond motifs is 1. The molecule has 0 saturated heterocycles. The molecule has 1 atom stereocenters. The van der Waals surface area contributed by atoms with E-state index in [2.05, 4.69) is 15.6 Å². The summed E-state index contributed by atoms with van der Waals surface area (Å²) in [7, 11) is 5.72. The molecular formula is C23H26N6O3. The van der Waals surface area contributed by atoms with Gasteiger partial charge in [-0.3, -0.25) is 4.90 Å². The van der Waals surface area contributed by atoms with Crippen LogP contribution in [0.3, 0.4) is 0 Å². The number of rotatable bonds is 7. The van der Waals surface area contributed by atoms with Gasteiger partial charge in [0.1, 0.15) is 18.1 Å². The second-order valence-corrected chi connectivity index (χ2v) is 7.88. The van der Waals surface area contributed by atoms with E-state index in [0.29, 0.717) is 23.7 Å². The fraction of sp³-hybridized carbons (Fsp3) is 0.217. The smallest absolute Gasteiger partial charge is 0.337 e. The molecule has 3 aromatic rings. The van der Waals surface area contributed by atoms with Gasteiger partial charge in [0.05, 0.1) is 5.69 Å². The normalized spacial score (nSPS) is 18.1. The zero-order valence-electron chi connectivity index (χ0n) is 18.2. The highest BCUT2D eigenvalue weighted by molar-refractivity contribution is 5.98. The maximum absolute atomic E-state index is 12.4. The predicted octanol–water partition coefficient (Wildman–Crippen LogP) is 2.23. The summed E-state index contributed by atoms with van der Waals surface area (Å²) in [4.78, 5) is 18.3. The van der Waals surface area contributed by atoms with Crippen molar-refractivity contribution in [2.75, 3.05) is 26.1 Å². The number of aromatic nitrogens is 1. The minimum atomic E-state index is -1.39. The summed E-state index contributed by atoms with van der Waals surface area (Å²) in [5, 5.41) is 17.5. The highest BCUT2D eigenvalue weighted by atomic mass is 16.5. The molecule has 0 spiro atoms. The molecule has 9 nitrogen and oxygen atoms in total. The number of nitrogens with one attached hydrogen (secondary N) is 2. The molecule has 0 aliphatic carbocycles. The molecule has 1 aromatic heterocycles. The van der Waals surface area contributed by atoms with Crippen LogP contribution in [0.5, 0.6) is 5.75 Å². The maximum atomic E-state index is 12.4. The Kier molecular flexibility index (Phi) is 5.50. The summed E-state index contributed by atoms with van der Waals surface area (Å²) in [6.07, 6.45) is 3.18. The molecule has 1 aliphatic heterocycles. The van der Waals surface area contributed by atoms with E-state index in [4.69, 9.17) is 10.5 Å². The Labute approximate surface area is 185 Å². The van der Waals surface area contributed by atoms with E-state index in [-0.39, 0.29) is 11.5 Å². The van der Waals surface area contributed by atoms with Gasteiger partial charge in [0, 0.05) is 35.9 Å². The lowest BCUT2D eigenvalue weighted by atomic mass is 9.89. The van der Waals surface area contributed by atoms with Crippen molar-refractivity contribution < 1.29 is 14.6 Å². The minimum absolute atomic E-state index is 0.00506. The van der Waals surface area contributed by atoms with Crippen LogP contribution in [0.4, 0.5) is 5.69 Å². The molecule has 0 amide bonds. The molecule has 0 fully saturated rings. The summed E-state index contributed by atoms with van der Waals surface area (Å²) in [6, 6.07) is 15.2. The first kappa shape index (κ1) is 21.3. The molecule has 9 heteroatoms. The number of aliphatic carboxylic acids is 1. The first-order chi connectivity index (χ1) is 15.3. The van der Waals surface area contributed by atoms with Crippen LogP contribution < -0.4 is 21.1 Å². The van der Waals surface area contributed by atoms with E-state index in [1.807, 2.05) is 85.3 Å². The molecule has 32 heavy (non-hydrogen) atoms. The van der Waals surface area contributed by atoms with Crippen molar-refractivity contribution in [3.05, 3.63) is 72.1 Å². The number of carboxylic acids is 1. The number of carbonyl (C=O) groups is 1. The largest absolute Gasteiger partial charge is 0.478 e. The molecule has 0 bridgehead atoms. The van der Waals surface area contributed by atoms with Crippen LogP contribution in [0, 0.1) is 0 Å². The highest BCUT2D eigenvalue weighted by Crippen LogP contribution is 2.40. The molecule has 166 valence electrons. The Morgan fingerprint density at radius 2 is 1.97 bits per heavy atom. The second kappa shape index (κ2) is 8.27. The van der Waals surface area contributed by atoms with Gasteiger partial charge in [0.25, 0.3) is 0 Å². The first-order valence-electron chi connectivity index (χ1n) is 10.1. The molecule has 2 heterocycles. The number of hydrogen-bond acceptors (Lipinski definition) is 7. The number of ether oxygens (including phenoxy) is 1. The van der Waals surface area contributed by atoms with Crippen molar-refractivity contribution in [2.24, 2.45) is 17.8 Å². The first-order valence-corrected chi connectivity index (χ1v) is 10.1. The number of hydrogen-bond donors (Lipinski definition) is 4. The quantitative estimate of drug-likeness (QED) is 0.421. The minimum Gasteiger partial charge on any atom is -0.478 e. The van der Waals surface area contributed by atoms with Crippen LogP contribution in [-0.2, 0) is 17.5 Å². The Bertz CT molecular complexity index is 1230. The molecule has 1 aliphatic rings. The summed E-state index contributed by atoms with van der Waals surface area (Å²) in [6.45, 7) is 0.360. The molecule has 1 unspecified atom stereocenters. The maximum Gasteiger partial charge on any atom is 0.337 e. The number of nitrogens with zero attached hydrogens (tertiary/aromatic N) is 3. The van der Waals surface area contributed by atoms with Gasteiger partial charge >= 0.3 is 5.97 Å². The second-order valence-electron chi connectivity index (χ2n) is 7.88. The van der Waals surface area contributed by atoms with Gasteiger partial charge in [0.15, 0.2) is 11.6 Å². The zero-order chi connectivity index (χ0) is 22.9. The number of para-hydroxylation sites is 3. The van der Waals surface area contributed by atoms with E-state index in [0.717, 1.165) is 10.9 Å². The van der Waals surface area contributed by atoms with E-state index in [1.165, 1.54) is 6.20 Å². The average molecular weight is 435 g/mol. The lowest BCUT2D eigenvalue weighted by Gasteiger charge is -2.39. The van der Waals surface area contributed by atoms with Crippen LogP contribution >= 0.6 is 0 Å². The summed E-state index contributed by atoms with van der Waals surface area (Å²) in [5.41, 5.74) is 6.94. The highest BCUT2D eigenvalue weighted by Gasteiger charge is 2.45. The Balaban J connectivity index is 1.92. The van der Waals surface area contributed by atoms with Crippen LogP contribution in [-0.4, -0.2) is 47.3 Å². The van der Waals surface area contributed by atoms with E-state index < -0.39 is 11.6 Å². The third-order valence-corrected chi connectivity index (χ3v) is 5.27. The summed E-state index contributed by atoms with van der Waals surface area (Å²) in [5.74, 6) is -0.448. The SMILES string of the molecule is CN(C)COc1ccccc1NC1(c2cn(C)c3ccccc23)NC(N)=NC=C1C(=O)O. The number of guanidine groups is 1. The number of nitrogens with two attached hydrogens (primary N) is 1. The van der Waals surface area contributed by atoms with Crippen molar-refractivity contribution in [1.29, 1.82) is 0 Å². The van der Waals surface area contributed by atoms with Crippen LogP contribution in [0.1, 0.15) is 5.56 Å². The summed E-state index contributed by atoms with van der Waals surface area (Å²) < 4.78 is 7.89. The topological polar surface area (TPSA) is 117 Å². The van der Waals surface area contributed by atoms with E-state index >= 15 is 0 Å². The third kappa shape index (κ3) is 3.74. The van der Waals surface area contributed by atoms with E-state index in [1.54, 1.807) is 0 Å². The third-order valence-electron chi connectivity index (χ3n) is 5.27.